The van der Waals surface area contributed by atoms with Crippen molar-refractivity contribution in [1.29, 1.82) is 0 Å². The number of amides is 1. The Hall–Kier alpha value is -1.00. The van der Waals surface area contributed by atoms with E-state index in [0.29, 0.717) is 18.4 Å². The van der Waals surface area contributed by atoms with Gasteiger partial charge in [-0.25, -0.2) is 0 Å². The zero-order valence-electron chi connectivity index (χ0n) is 12.0. The summed E-state index contributed by atoms with van der Waals surface area (Å²) in [5.41, 5.74) is 2.44. The Bertz CT molecular complexity index is 485. The molecule has 0 bridgehead atoms. The van der Waals surface area contributed by atoms with Crippen molar-refractivity contribution in [3.8, 4) is 0 Å². The summed E-state index contributed by atoms with van der Waals surface area (Å²) in [7, 11) is 0. The minimum absolute atomic E-state index is 0.268. The van der Waals surface area contributed by atoms with Crippen LogP contribution in [-0.4, -0.2) is 36.5 Å². The molecule has 2 unspecified atom stereocenters. The molecule has 0 spiro atoms. The van der Waals surface area contributed by atoms with Crippen molar-refractivity contribution in [2.24, 2.45) is 0 Å². The van der Waals surface area contributed by atoms with Crippen LogP contribution in [0, 0.1) is 0 Å². The quantitative estimate of drug-likeness (QED) is 0.909. The first-order valence-corrected chi connectivity index (χ1v) is 8.61. The number of carbonyl (C=O) groups is 1. The van der Waals surface area contributed by atoms with E-state index in [4.69, 9.17) is 0 Å². The molecule has 0 saturated carbocycles. The molecule has 1 saturated heterocycles. The molecule has 108 valence electrons. The van der Waals surface area contributed by atoms with E-state index in [2.05, 4.69) is 30.4 Å². The van der Waals surface area contributed by atoms with Crippen molar-refractivity contribution in [2.75, 3.05) is 29.5 Å². The highest BCUT2D eigenvalue weighted by Crippen LogP contribution is 2.35. The van der Waals surface area contributed by atoms with Gasteiger partial charge in [0, 0.05) is 42.7 Å². The lowest BCUT2D eigenvalue weighted by atomic mass is 9.91. The van der Waals surface area contributed by atoms with Crippen LogP contribution in [0.1, 0.15) is 31.2 Å². The molecule has 2 atom stereocenters. The average Bonchev–Trinajstić information content (AvgIpc) is 2.49. The molecule has 4 heteroatoms. The molecule has 0 aliphatic carbocycles. The lowest BCUT2D eigenvalue weighted by Crippen LogP contribution is -2.44. The minimum atomic E-state index is 0.268. The number of carbonyl (C=O) groups excluding carboxylic acids is 1. The topological polar surface area (TPSA) is 32.3 Å². The van der Waals surface area contributed by atoms with Gasteiger partial charge in [-0.15, -0.1) is 0 Å². The number of hydrogen-bond acceptors (Lipinski definition) is 3. The fourth-order valence-corrected chi connectivity index (χ4v) is 4.03. The monoisotopic (exact) mass is 290 g/mol. The van der Waals surface area contributed by atoms with Crippen LogP contribution in [0.3, 0.4) is 0 Å². The third-order valence-corrected chi connectivity index (χ3v) is 5.40. The van der Waals surface area contributed by atoms with Crippen molar-refractivity contribution >= 4 is 23.4 Å². The lowest BCUT2D eigenvalue weighted by molar-refractivity contribution is -0.119. The molecular formula is C16H22N2OS. The number of hydrogen-bond donors (Lipinski definition) is 1. The highest BCUT2D eigenvalue weighted by atomic mass is 32.2. The Morgan fingerprint density at radius 2 is 2.30 bits per heavy atom. The summed E-state index contributed by atoms with van der Waals surface area (Å²) in [6, 6.07) is 8.70. The zero-order chi connectivity index (χ0) is 13.9. The number of rotatable bonds is 2. The molecule has 2 aliphatic heterocycles. The van der Waals surface area contributed by atoms with Crippen LogP contribution in [0.2, 0.25) is 0 Å². The van der Waals surface area contributed by atoms with Crippen molar-refractivity contribution in [3.63, 3.8) is 0 Å². The Kier molecular flexibility index (Phi) is 4.32. The minimum Gasteiger partial charge on any atom is -0.312 e. The number of nitrogens with one attached hydrogen (secondary N) is 1. The third kappa shape index (κ3) is 2.86. The maximum absolute atomic E-state index is 12.6. The molecule has 1 N–H and O–H groups in total. The van der Waals surface area contributed by atoms with Crippen LogP contribution in [0.15, 0.2) is 24.3 Å². The van der Waals surface area contributed by atoms with Gasteiger partial charge < -0.3 is 10.2 Å². The fraction of sp³-hybridized carbons (Fsp3) is 0.562. The second-order valence-electron chi connectivity index (χ2n) is 5.72. The van der Waals surface area contributed by atoms with Gasteiger partial charge in [0.1, 0.15) is 0 Å². The zero-order valence-corrected chi connectivity index (χ0v) is 12.8. The van der Waals surface area contributed by atoms with Crippen molar-refractivity contribution in [3.05, 3.63) is 29.8 Å². The normalized spacial score (nSPS) is 26.1. The van der Waals surface area contributed by atoms with E-state index in [-0.39, 0.29) is 5.91 Å². The number of fused-ring (bicyclic) bond motifs is 1. The van der Waals surface area contributed by atoms with Gasteiger partial charge >= 0.3 is 0 Å². The highest BCUT2D eigenvalue weighted by molar-refractivity contribution is 7.99. The molecule has 0 radical (unpaired) electrons. The summed E-state index contributed by atoms with van der Waals surface area (Å²) in [6.07, 6.45) is 1.69. The summed E-state index contributed by atoms with van der Waals surface area (Å²) in [4.78, 5) is 14.6. The summed E-state index contributed by atoms with van der Waals surface area (Å²) < 4.78 is 0. The molecule has 3 nitrogen and oxygen atoms in total. The predicted molar refractivity (Wildman–Crippen MR) is 85.6 cm³/mol. The second kappa shape index (κ2) is 6.19. The van der Waals surface area contributed by atoms with Crippen molar-refractivity contribution < 1.29 is 4.79 Å². The molecule has 0 aromatic heterocycles. The lowest BCUT2D eigenvalue weighted by Gasteiger charge is -2.34. The number of anilines is 1. The van der Waals surface area contributed by atoms with Crippen molar-refractivity contribution in [1.82, 2.24) is 5.32 Å². The van der Waals surface area contributed by atoms with E-state index < -0.39 is 0 Å². The van der Waals surface area contributed by atoms with Crippen LogP contribution in [-0.2, 0) is 4.79 Å². The summed E-state index contributed by atoms with van der Waals surface area (Å²) >= 11 is 1.94. The first-order chi connectivity index (χ1) is 9.75. The van der Waals surface area contributed by atoms with Gasteiger partial charge in [0.25, 0.3) is 0 Å². The van der Waals surface area contributed by atoms with Gasteiger partial charge in [0.2, 0.25) is 5.91 Å². The molecule has 1 fully saturated rings. The molecule has 2 aliphatic rings. The van der Waals surface area contributed by atoms with Crippen LogP contribution in [0.25, 0.3) is 0 Å². The van der Waals surface area contributed by atoms with E-state index in [0.717, 1.165) is 36.7 Å². The maximum atomic E-state index is 12.6. The van der Waals surface area contributed by atoms with Gasteiger partial charge in [-0.05, 0) is 24.0 Å². The third-order valence-electron chi connectivity index (χ3n) is 4.26. The molecule has 20 heavy (non-hydrogen) atoms. The van der Waals surface area contributed by atoms with Crippen LogP contribution < -0.4 is 10.2 Å². The van der Waals surface area contributed by atoms with E-state index in [1.165, 1.54) is 5.56 Å². The number of benzene rings is 1. The van der Waals surface area contributed by atoms with Gasteiger partial charge in [0.05, 0.1) is 0 Å². The van der Waals surface area contributed by atoms with E-state index in [9.17, 15) is 4.79 Å². The maximum Gasteiger partial charge on any atom is 0.228 e. The molecule has 1 amide bonds. The number of nitrogens with zero attached hydrogens (tertiary/aromatic N) is 1. The Morgan fingerprint density at radius 3 is 3.10 bits per heavy atom. The Morgan fingerprint density at radius 1 is 1.45 bits per heavy atom. The predicted octanol–water partition coefficient (Wildman–Crippen LogP) is 2.62. The highest BCUT2D eigenvalue weighted by Gasteiger charge is 2.27. The van der Waals surface area contributed by atoms with Gasteiger partial charge in [-0.2, -0.15) is 11.8 Å². The van der Waals surface area contributed by atoms with Crippen molar-refractivity contribution in [2.45, 2.75) is 31.7 Å². The van der Waals surface area contributed by atoms with E-state index >= 15 is 0 Å². The Balaban J connectivity index is 1.73. The SMILES string of the molecule is CC1CCN(C(=O)CC2CSCCN2)c2ccccc21. The largest absolute Gasteiger partial charge is 0.312 e. The van der Waals surface area contributed by atoms with Crippen LogP contribution in [0.5, 0.6) is 0 Å². The molecular weight excluding hydrogens is 268 g/mol. The molecule has 3 rings (SSSR count). The van der Waals surface area contributed by atoms with Crippen LogP contribution in [0.4, 0.5) is 5.69 Å². The second-order valence-corrected chi connectivity index (χ2v) is 6.87. The molecule has 1 aromatic rings. The molecule has 2 heterocycles. The van der Waals surface area contributed by atoms with Crippen LogP contribution >= 0.6 is 11.8 Å². The summed E-state index contributed by atoms with van der Waals surface area (Å²) in [5, 5.41) is 3.45. The van der Waals surface area contributed by atoms with E-state index in [1.54, 1.807) is 0 Å². The fourth-order valence-electron chi connectivity index (χ4n) is 3.08. The number of thioether (sulfide) groups is 1. The molecule has 1 aromatic carbocycles. The Labute approximate surface area is 125 Å². The first-order valence-electron chi connectivity index (χ1n) is 7.46. The van der Waals surface area contributed by atoms with Gasteiger partial charge in [-0.1, -0.05) is 25.1 Å². The number of para-hydroxylation sites is 1. The van der Waals surface area contributed by atoms with E-state index in [1.807, 2.05) is 22.7 Å². The summed E-state index contributed by atoms with van der Waals surface area (Å²) in [5.74, 6) is 3.04. The van der Waals surface area contributed by atoms with Gasteiger partial charge in [-0.3, -0.25) is 4.79 Å². The standard InChI is InChI=1S/C16H22N2OS/c1-12-6-8-18(15-5-3-2-4-14(12)15)16(19)10-13-11-20-9-7-17-13/h2-5,12-13,17H,6-11H2,1H3. The van der Waals surface area contributed by atoms with Gasteiger partial charge in [0.15, 0.2) is 0 Å². The smallest absolute Gasteiger partial charge is 0.228 e. The summed E-state index contributed by atoms with van der Waals surface area (Å²) in [6.45, 7) is 4.13. The average molecular weight is 290 g/mol. The first kappa shape index (κ1) is 14.0.